The highest BCUT2D eigenvalue weighted by molar-refractivity contribution is 5.30. The van der Waals surface area contributed by atoms with Gasteiger partial charge >= 0.3 is 6.18 Å². The third kappa shape index (κ3) is 6.00. The van der Waals surface area contributed by atoms with Gasteiger partial charge in [-0.3, -0.25) is 0 Å². The molecule has 7 heteroatoms. The third-order valence-corrected chi connectivity index (χ3v) is 3.74. The zero-order valence-corrected chi connectivity index (χ0v) is 14.6. The van der Waals surface area contributed by atoms with Crippen LogP contribution in [0, 0.1) is 5.82 Å². The fourth-order valence-corrected chi connectivity index (χ4v) is 2.36. The summed E-state index contributed by atoms with van der Waals surface area (Å²) < 4.78 is 62.6. The van der Waals surface area contributed by atoms with E-state index in [9.17, 15) is 17.6 Å². The Morgan fingerprint density at radius 3 is 2.54 bits per heavy atom. The second-order valence-corrected chi connectivity index (χ2v) is 5.98. The van der Waals surface area contributed by atoms with Crippen molar-refractivity contribution in [3.05, 3.63) is 65.0 Å². The van der Waals surface area contributed by atoms with Crippen LogP contribution in [0.2, 0.25) is 0 Å². The van der Waals surface area contributed by atoms with Gasteiger partial charge in [-0.2, -0.15) is 13.2 Å². The van der Waals surface area contributed by atoms with Crippen molar-refractivity contribution < 1.29 is 27.0 Å². The lowest BCUT2D eigenvalue weighted by Crippen LogP contribution is -2.29. The van der Waals surface area contributed by atoms with Gasteiger partial charge in [0.2, 0.25) is 0 Å². The highest BCUT2D eigenvalue weighted by atomic mass is 19.4. The first kappa shape index (κ1) is 20.2. The Hall–Kier alpha value is -2.12. The van der Waals surface area contributed by atoms with Crippen LogP contribution >= 0.6 is 0 Å². The molecule has 0 aliphatic rings. The average Bonchev–Trinajstić information content (AvgIpc) is 2.59. The highest BCUT2D eigenvalue weighted by Crippen LogP contribution is 2.29. The molecule has 1 atom stereocenters. The van der Waals surface area contributed by atoms with Crippen LogP contribution < -0.4 is 10.1 Å². The van der Waals surface area contributed by atoms with Gasteiger partial charge in [-0.05, 0) is 30.7 Å². The Morgan fingerprint density at radius 2 is 1.88 bits per heavy atom. The second kappa shape index (κ2) is 9.00. The van der Waals surface area contributed by atoms with Gasteiger partial charge in [-0.15, -0.1) is 0 Å². The van der Waals surface area contributed by atoms with E-state index in [1.807, 2.05) is 6.92 Å². The monoisotopic (exact) mass is 371 g/mol. The Bertz CT molecular complexity index is 719. The van der Waals surface area contributed by atoms with E-state index in [2.05, 4.69) is 5.32 Å². The predicted molar refractivity (Wildman–Crippen MR) is 90.4 cm³/mol. The van der Waals surface area contributed by atoms with Crippen molar-refractivity contribution in [3.8, 4) is 5.75 Å². The minimum Gasteiger partial charge on any atom is -0.489 e. The normalized spacial score (nSPS) is 12.8. The molecule has 1 N–H and O–H groups in total. The number of rotatable bonds is 8. The third-order valence-electron chi connectivity index (χ3n) is 3.74. The van der Waals surface area contributed by atoms with Crippen LogP contribution in [0.5, 0.6) is 5.75 Å². The van der Waals surface area contributed by atoms with Gasteiger partial charge in [0, 0.05) is 31.3 Å². The summed E-state index contributed by atoms with van der Waals surface area (Å²) in [5.74, 6) is -0.183. The number of methoxy groups -OCH3 is 1. The Balaban J connectivity index is 1.95. The number of nitrogens with one attached hydrogen (secondary N) is 1. The standard InChI is InChI=1S/C19H21F4NO2/c1-13(11-25-2)24-10-15-6-7-17(9-18(15)20)26-12-14-4-3-5-16(8-14)19(21,22)23/h3-9,13,24H,10-12H2,1-2H3/t13-/m0/s1. The van der Waals surface area contributed by atoms with E-state index in [0.717, 1.165) is 12.1 Å². The number of benzene rings is 2. The summed E-state index contributed by atoms with van der Waals surface area (Å²) in [6.07, 6.45) is -4.41. The fraction of sp³-hybridized carbons (Fsp3) is 0.368. The predicted octanol–water partition coefficient (Wildman–Crippen LogP) is 4.55. The van der Waals surface area contributed by atoms with Crippen LogP contribution in [0.1, 0.15) is 23.6 Å². The van der Waals surface area contributed by atoms with Crippen LogP contribution in [-0.2, 0) is 24.1 Å². The Labute approximate surface area is 149 Å². The van der Waals surface area contributed by atoms with Crippen molar-refractivity contribution in [1.82, 2.24) is 5.32 Å². The lowest BCUT2D eigenvalue weighted by atomic mass is 10.1. The van der Waals surface area contributed by atoms with E-state index < -0.39 is 17.6 Å². The summed E-state index contributed by atoms with van der Waals surface area (Å²) in [5, 5.41) is 3.13. The second-order valence-electron chi connectivity index (χ2n) is 5.98. The summed E-state index contributed by atoms with van der Waals surface area (Å²) in [5.41, 5.74) is 0.0927. The van der Waals surface area contributed by atoms with E-state index >= 15 is 0 Å². The van der Waals surface area contributed by atoms with Crippen molar-refractivity contribution in [2.75, 3.05) is 13.7 Å². The van der Waals surface area contributed by atoms with Crippen LogP contribution in [0.3, 0.4) is 0 Å². The van der Waals surface area contributed by atoms with Crippen molar-refractivity contribution >= 4 is 0 Å². The van der Waals surface area contributed by atoms with Gasteiger partial charge in [-0.1, -0.05) is 18.2 Å². The molecule has 0 radical (unpaired) electrons. The van der Waals surface area contributed by atoms with Gasteiger partial charge < -0.3 is 14.8 Å². The Kier molecular flexibility index (Phi) is 6.99. The molecule has 0 heterocycles. The quantitative estimate of drug-likeness (QED) is 0.691. The molecule has 0 fully saturated rings. The maximum absolute atomic E-state index is 14.1. The summed E-state index contributed by atoms with van der Waals surface area (Å²) >= 11 is 0. The number of ether oxygens (including phenoxy) is 2. The highest BCUT2D eigenvalue weighted by Gasteiger charge is 2.30. The fourth-order valence-electron chi connectivity index (χ4n) is 2.36. The molecule has 0 aromatic heterocycles. The maximum Gasteiger partial charge on any atom is 0.416 e. The van der Waals surface area contributed by atoms with Crippen LogP contribution in [-0.4, -0.2) is 19.8 Å². The van der Waals surface area contributed by atoms with Crippen molar-refractivity contribution in [1.29, 1.82) is 0 Å². The first-order valence-corrected chi connectivity index (χ1v) is 8.09. The van der Waals surface area contributed by atoms with Crippen LogP contribution in [0.25, 0.3) is 0 Å². The van der Waals surface area contributed by atoms with Crippen LogP contribution in [0.15, 0.2) is 42.5 Å². The lowest BCUT2D eigenvalue weighted by molar-refractivity contribution is -0.137. The zero-order chi connectivity index (χ0) is 19.2. The Morgan fingerprint density at radius 1 is 1.12 bits per heavy atom. The summed E-state index contributed by atoms with van der Waals surface area (Å²) in [4.78, 5) is 0. The minimum atomic E-state index is -4.41. The van der Waals surface area contributed by atoms with E-state index in [-0.39, 0.29) is 18.4 Å². The largest absolute Gasteiger partial charge is 0.489 e. The minimum absolute atomic E-state index is 0.0776. The molecule has 0 saturated carbocycles. The summed E-state index contributed by atoms with van der Waals surface area (Å²) in [6, 6.07) is 9.35. The average molecular weight is 371 g/mol. The number of alkyl halides is 3. The molecular weight excluding hydrogens is 350 g/mol. The summed E-state index contributed by atoms with van der Waals surface area (Å²) in [6.45, 7) is 2.70. The first-order valence-electron chi connectivity index (χ1n) is 8.09. The number of hydrogen-bond donors (Lipinski definition) is 1. The van der Waals surface area contributed by atoms with Crippen molar-refractivity contribution in [2.24, 2.45) is 0 Å². The molecule has 26 heavy (non-hydrogen) atoms. The molecule has 0 aliphatic carbocycles. The molecule has 0 unspecified atom stereocenters. The first-order chi connectivity index (χ1) is 12.3. The summed E-state index contributed by atoms with van der Waals surface area (Å²) in [7, 11) is 1.59. The smallest absolute Gasteiger partial charge is 0.416 e. The molecule has 0 saturated heterocycles. The molecule has 0 amide bonds. The van der Waals surface area contributed by atoms with Gasteiger partial charge in [0.05, 0.1) is 12.2 Å². The van der Waals surface area contributed by atoms with Crippen molar-refractivity contribution in [2.45, 2.75) is 32.3 Å². The van der Waals surface area contributed by atoms with Gasteiger partial charge in [0.15, 0.2) is 0 Å². The number of halogens is 4. The van der Waals surface area contributed by atoms with Gasteiger partial charge in [-0.25, -0.2) is 4.39 Å². The molecule has 3 nitrogen and oxygen atoms in total. The molecule has 142 valence electrons. The van der Waals surface area contributed by atoms with Gasteiger partial charge in [0.1, 0.15) is 18.2 Å². The zero-order valence-electron chi connectivity index (χ0n) is 14.6. The molecular formula is C19H21F4NO2. The molecule has 0 spiro atoms. The van der Waals surface area contributed by atoms with E-state index in [0.29, 0.717) is 24.3 Å². The molecule has 0 aliphatic heterocycles. The number of hydrogen-bond acceptors (Lipinski definition) is 3. The van der Waals surface area contributed by atoms with E-state index in [1.165, 1.54) is 18.2 Å². The molecule has 2 aromatic carbocycles. The topological polar surface area (TPSA) is 30.5 Å². The van der Waals surface area contributed by atoms with Crippen LogP contribution in [0.4, 0.5) is 17.6 Å². The molecule has 0 bridgehead atoms. The van der Waals surface area contributed by atoms with Crippen molar-refractivity contribution in [3.63, 3.8) is 0 Å². The SMILES string of the molecule is COC[C@H](C)NCc1ccc(OCc2cccc(C(F)(F)F)c2)cc1F. The maximum atomic E-state index is 14.1. The van der Waals surface area contributed by atoms with E-state index in [1.54, 1.807) is 19.2 Å². The lowest BCUT2D eigenvalue weighted by Gasteiger charge is -2.14. The molecule has 2 rings (SSSR count). The van der Waals surface area contributed by atoms with E-state index in [4.69, 9.17) is 9.47 Å². The van der Waals surface area contributed by atoms with Gasteiger partial charge in [0.25, 0.3) is 0 Å². The molecule has 2 aromatic rings.